The van der Waals surface area contributed by atoms with Crippen LogP contribution < -0.4 is 0 Å². The van der Waals surface area contributed by atoms with Gasteiger partial charge in [0.05, 0.1) is 0 Å². The molecular formula is C31H35NO4. The highest BCUT2D eigenvalue weighted by atomic mass is 16.6. The van der Waals surface area contributed by atoms with Gasteiger partial charge in [-0.05, 0) is 62.4 Å². The molecule has 1 aliphatic carbocycles. The molecule has 188 valence electrons. The Morgan fingerprint density at radius 3 is 1.97 bits per heavy atom. The lowest BCUT2D eigenvalue weighted by molar-refractivity contribution is -0.160. The standard InChI is InChI=1S/C31H35NO4/c1-6-32(28(29(33)36-31(3,4)5)19-22-17-15-21(2)16-18-22)30(34)35-20-27-25-13-9-7-11-23(25)24-12-8-10-14-26(24)27/h7-18,27-28H,6,19-20H2,1-5H3. The summed E-state index contributed by atoms with van der Waals surface area (Å²) in [6.45, 7) is 9.89. The normalized spacial score (nSPS) is 13.5. The molecule has 1 amide bonds. The van der Waals surface area contributed by atoms with Gasteiger partial charge in [0.1, 0.15) is 18.2 Å². The van der Waals surface area contributed by atoms with Crippen LogP contribution in [0.5, 0.6) is 0 Å². The summed E-state index contributed by atoms with van der Waals surface area (Å²) < 4.78 is 11.6. The average Bonchev–Trinajstić information content (AvgIpc) is 3.16. The largest absolute Gasteiger partial charge is 0.458 e. The first-order valence-corrected chi connectivity index (χ1v) is 12.6. The third-order valence-electron chi connectivity index (χ3n) is 6.52. The first-order chi connectivity index (χ1) is 17.2. The van der Waals surface area contributed by atoms with Crippen LogP contribution in [0.15, 0.2) is 72.8 Å². The number of hydrogen-bond donors (Lipinski definition) is 0. The van der Waals surface area contributed by atoms with E-state index in [9.17, 15) is 9.59 Å². The lowest BCUT2D eigenvalue weighted by Gasteiger charge is -2.31. The van der Waals surface area contributed by atoms with Crippen LogP contribution in [0.2, 0.25) is 0 Å². The van der Waals surface area contributed by atoms with E-state index in [1.165, 1.54) is 16.0 Å². The van der Waals surface area contributed by atoms with Crippen molar-refractivity contribution in [1.29, 1.82) is 0 Å². The van der Waals surface area contributed by atoms with Crippen LogP contribution in [0.3, 0.4) is 0 Å². The number of nitrogens with zero attached hydrogens (tertiary/aromatic N) is 1. The van der Waals surface area contributed by atoms with Crippen molar-refractivity contribution < 1.29 is 19.1 Å². The third kappa shape index (κ3) is 5.62. The molecule has 1 unspecified atom stereocenters. The molecule has 36 heavy (non-hydrogen) atoms. The van der Waals surface area contributed by atoms with E-state index >= 15 is 0 Å². The monoisotopic (exact) mass is 485 g/mol. The van der Waals surface area contributed by atoms with Crippen molar-refractivity contribution >= 4 is 12.1 Å². The first kappa shape index (κ1) is 25.5. The molecule has 3 aromatic carbocycles. The van der Waals surface area contributed by atoms with Crippen LogP contribution in [-0.4, -0.2) is 41.8 Å². The Balaban J connectivity index is 1.55. The molecule has 0 heterocycles. The van der Waals surface area contributed by atoms with Gasteiger partial charge in [0.25, 0.3) is 0 Å². The summed E-state index contributed by atoms with van der Waals surface area (Å²) in [5.74, 6) is -0.476. The highest BCUT2D eigenvalue weighted by Gasteiger charge is 2.35. The number of ether oxygens (including phenoxy) is 2. The molecule has 0 radical (unpaired) electrons. The van der Waals surface area contributed by atoms with E-state index in [1.807, 2.05) is 83.1 Å². The van der Waals surface area contributed by atoms with Crippen molar-refractivity contribution in [2.45, 2.75) is 58.6 Å². The molecule has 0 bridgehead atoms. The molecule has 1 atom stereocenters. The topological polar surface area (TPSA) is 55.8 Å². The van der Waals surface area contributed by atoms with E-state index in [2.05, 4.69) is 24.3 Å². The van der Waals surface area contributed by atoms with Gasteiger partial charge in [-0.25, -0.2) is 9.59 Å². The molecule has 5 nitrogen and oxygen atoms in total. The van der Waals surface area contributed by atoms with E-state index in [0.29, 0.717) is 13.0 Å². The zero-order chi connectivity index (χ0) is 25.9. The fraction of sp³-hybridized carbons (Fsp3) is 0.355. The number of benzene rings is 3. The highest BCUT2D eigenvalue weighted by Crippen LogP contribution is 2.44. The number of esters is 1. The van der Waals surface area contributed by atoms with Gasteiger partial charge in [0.2, 0.25) is 0 Å². The second-order valence-corrected chi connectivity index (χ2v) is 10.3. The molecule has 0 aromatic heterocycles. The van der Waals surface area contributed by atoms with E-state index < -0.39 is 23.7 Å². The minimum atomic E-state index is -0.785. The molecule has 0 saturated carbocycles. The van der Waals surface area contributed by atoms with Gasteiger partial charge in [0.15, 0.2) is 0 Å². The number of fused-ring (bicyclic) bond motifs is 3. The highest BCUT2D eigenvalue weighted by molar-refractivity contribution is 5.82. The lowest BCUT2D eigenvalue weighted by Crippen LogP contribution is -2.49. The molecule has 4 rings (SSSR count). The molecule has 0 saturated heterocycles. The Bertz CT molecular complexity index is 1180. The van der Waals surface area contributed by atoms with Gasteiger partial charge < -0.3 is 9.47 Å². The fourth-order valence-corrected chi connectivity index (χ4v) is 4.79. The number of carbonyl (C=O) groups excluding carboxylic acids is 2. The van der Waals surface area contributed by atoms with E-state index in [4.69, 9.17) is 9.47 Å². The van der Waals surface area contributed by atoms with E-state index in [1.54, 1.807) is 0 Å². The Kier molecular flexibility index (Phi) is 7.48. The predicted octanol–water partition coefficient (Wildman–Crippen LogP) is 6.52. The molecular weight excluding hydrogens is 450 g/mol. The van der Waals surface area contributed by atoms with Gasteiger partial charge >= 0.3 is 12.1 Å². The predicted molar refractivity (Wildman–Crippen MR) is 142 cm³/mol. The number of likely N-dealkylation sites (N-methyl/N-ethyl adjacent to an activating group) is 1. The second-order valence-electron chi connectivity index (χ2n) is 10.3. The second kappa shape index (κ2) is 10.6. The minimum Gasteiger partial charge on any atom is -0.458 e. The molecule has 0 spiro atoms. The summed E-state index contributed by atoms with van der Waals surface area (Å²) in [6, 6.07) is 23.7. The van der Waals surface area contributed by atoms with Crippen LogP contribution in [0.4, 0.5) is 4.79 Å². The number of aryl methyl sites for hydroxylation is 1. The van der Waals surface area contributed by atoms with Gasteiger partial charge in [0, 0.05) is 18.9 Å². The van der Waals surface area contributed by atoms with Gasteiger partial charge in [-0.2, -0.15) is 0 Å². The number of carbonyl (C=O) groups is 2. The average molecular weight is 486 g/mol. The van der Waals surface area contributed by atoms with E-state index in [0.717, 1.165) is 22.3 Å². The van der Waals surface area contributed by atoms with E-state index in [-0.39, 0.29) is 12.5 Å². The summed E-state index contributed by atoms with van der Waals surface area (Å²) in [5, 5.41) is 0. The SMILES string of the molecule is CCN(C(=O)OCC1c2ccccc2-c2ccccc21)C(Cc1ccc(C)cc1)C(=O)OC(C)(C)C. The zero-order valence-corrected chi connectivity index (χ0v) is 21.8. The van der Waals surface area contributed by atoms with Crippen LogP contribution in [-0.2, 0) is 20.7 Å². The number of rotatable bonds is 7. The minimum absolute atomic E-state index is 0.0443. The first-order valence-electron chi connectivity index (χ1n) is 12.6. The van der Waals surface area contributed by atoms with Gasteiger partial charge in [-0.15, -0.1) is 0 Å². The van der Waals surface area contributed by atoms with Crippen LogP contribution >= 0.6 is 0 Å². The summed E-state index contributed by atoms with van der Waals surface area (Å²) in [5.41, 5.74) is 6.08. The van der Waals surface area contributed by atoms with Crippen molar-refractivity contribution in [3.63, 3.8) is 0 Å². The smallest absolute Gasteiger partial charge is 0.410 e. The van der Waals surface area contributed by atoms with Crippen molar-refractivity contribution in [3.05, 3.63) is 95.1 Å². The molecule has 5 heteroatoms. The summed E-state index contributed by atoms with van der Waals surface area (Å²) in [4.78, 5) is 28.1. The maximum Gasteiger partial charge on any atom is 0.410 e. The Morgan fingerprint density at radius 2 is 1.44 bits per heavy atom. The van der Waals surface area contributed by atoms with Crippen LogP contribution in [0, 0.1) is 6.92 Å². The fourth-order valence-electron chi connectivity index (χ4n) is 4.79. The van der Waals surface area contributed by atoms with Crippen molar-refractivity contribution in [2.75, 3.05) is 13.2 Å². The van der Waals surface area contributed by atoms with Crippen molar-refractivity contribution in [1.82, 2.24) is 4.90 Å². The van der Waals surface area contributed by atoms with Gasteiger partial charge in [-0.1, -0.05) is 78.4 Å². The summed E-state index contributed by atoms with van der Waals surface area (Å²) >= 11 is 0. The Morgan fingerprint density at radius 1 is 0.889 bits per heavy atom. The zero-order valence-electron chi connectivity index (χ0n) is 21.8. The maximum atomic E-state index is 13.4. The summed E-state index contributed by atoms with van der Waals surface area (Å²) in [6.07, 6.45) is -0.157. The van der Waals surface area contributed by atoms with Crippen LogP contribution in [0.1, 0.15) is 55.9 Å². The maximum absolute atomic E-state index is 13.4. The van der Waals surface area contributed by atoms with Crippen LogP contribution in [0.25, 0.3) is 11.1 Å². The van der Waals surface area contributed by atoms with Gasteiger partial charge in [-0.3, -0.25) is 4.90 Å². The number of amides is 1. The van der Waals surface area contributed by atoms with Crippen molar-refractivity contribution in [2.24, 2.45) is 0 Å². The molecule has 0 aliphatic heterocycles. The Hall–Kier alpha value is -3.60. The Labute approximate surface area is 214 Å². The molecule has 0 fully saturated rings. The lowest BCUT2D eigenvalue weighted by atomic mass is 9.98. The third-order valence-corrected chi connectivity index (χ3v) is 6.52. The number of hydrogen-bond acceptors (Lipinski definition) is 4. The summed E-state index contributed by atoms with van der Waals surface area (Å²) in [7, 11) is 0. The molecule has 1 aliphatic rings. The molecule has 0 N–H and O–H groups in total. The molecule has 3 aromatic rings. The quantitative estimate of drug-likeness (QED) is 0.358. The van der Waals surface area contributed by atoms with Crippen molar-refractivity contribution in [3.8, 4) is 11.1 Å².